The molecule has 0 heterocycles. The molecule has 0 aliphatic heterocycles. The summed E-state index contributed by atoms with van der Waals surface area (Å²) in [6.07, 6.45) is 63.2. The molecule has 0 saturated carbocycles. The van der Waals surface area contributed by atoms with Gasteiger partial charge >= 0.3 is 17.9 Å². The second kappa shape index (κ2) is 46.5. The van der Waals surface area contributed by atoms with Gasteiger partial charge in [-0.1, -0.05) is 187 Å². The lowest BCUT2D eigenvalue weighted by molar-refractivity contribution is -0.167. The molecule has 0 aromatic rings. The Balaban J connectivity index is 4.53. The van der Waals surface area contributed by atoms with Crippen molar-refractivity contribution in [3.05, 3.63) is 122 Å². The molecule has 59 heavy (non-hydrogen) atoms. The number of esters is 3. The zero-order chi connectivity index (χ0) is 43.0. The van der Waals surface area contributed by atoms with Crippen LogP contribution in [0.15, 0.2) is 122 Å². The molecular weight excluding hydrogens is 733 g/mol. The first-order chi connectivity index (χ1) is 29.0. The Hall–Kier alpha value is -4.19. The molecule has 0 aliphatic rings. The molecule has 0 aliphatic carbocycles. The van der Waals surface area contributed by atoms with Gasteiger partial charge in [0.2, 0.25) is 0 Å². The van der Waals surface area contributed by atoms with Crippen LogP contribution < -0.4 is 0 Å². The predicted octanol–water partition coefficient (Wildman–Crippen LogP) is 15.0. The second-order valence-corrected chi connectivity index (χ2v) is 14.7. The van der Waals surface area contributed by atoms with Gasteiger partial charge in [-0.2, -0.15) is 0 Å². The number of ether oxygens (including phenoxy) is 3. The summed E-state index contributed by atoms with van der Waals surface area (Å²) in [4.78, 5) is 37.8. The van der Waals surface area contributed by atoms with E-state index in [4.69, 9.17) is 14.2 Å². The molecule has 0 radical (unpaired) electrons. The van der Waals surface area contributed by atoms with Crippen molar-refractivity contribution in [1.82, 2.24) is 0 Å². The van der Waals surface area contributed by atoms with E-state index in [1.54, 1.807) is 0 Å². The summed E-state index contributed by atoms with van der Waals surface area (Å²) in [5, 5.41) is 0. The largest absolute Gasteiger partial charge is 0.462 e. The number of rotatable bonds is 39. The van der Waals surface area contributed by atoms with Crippen LogP contribution in [-0.4, -0.2) is 37.2 Å². The summed E-state index contributed by atoms with van der Waals surface area (Å²) in [5.41, 5.74) is 0. The molecule has 0 amide bonds. The minimum absolute atomic E-state index is 0.120. The maximum absolute atomic E-state index is 12.7. The van der Waals surface area contributed by atoms with Gasteiger partial charge in [-0.3, -0.25) is 14.4 Å². The number of carbonyl (C=O) groups excluding carboxylic acids is 3. The molecule has 0 saturated heterocycles. The van der Waals surface area contributed by atoms with Crippen LogP contribution in [0.5, 0.6) is 0 Å². The first kappa shape index (κ1) is 54.8. The van der Waals surface area contributed by atoms with Crippen LogP contribution in [0.25, 0.3) is 0 Å². The van der Waals surface area contributed by atoms with Gasteiger partial charge in [0.1, 0.15) is 13.2 Å². The third kappa shape index (κ3) is 44.8. The molecule has 0 aromatic heterocycles. The van der Waals surface area contributed by atoms with Crippen molar-refractivity contribution in [3.8, 4) is 0 Å². The van der Waals surface area contributed by atoms with E-state index in [2.05, 4.69) is 106 Å². The lowest BCUT2D eigenvalue weighted by Gasteiger charge is -2.18. The summed E-state index contributed by atoms with van der Waals surface area (Å²) < 4.78 is 16.6. The monoisotopic (exact) mass is 815 g/mol. The standard InChI is InChI=1S/C53H82O6/c1-4-7-10-13-16-19-22-24-25-26-27-28-29-32-34-37-40-43-46-52(55)58-49-50(48-57-51(54)45-42-39-36-33-30-21-18-15-12-9-6-3)59-53(56)47-44-41-38-35-31-23-20-17-14-11-8-5-2/h8,10-11,13,15-22,24-28,30-31,35,50H,4-7,9,12,14,23,29,32-34,36-49H2,1-3H3/b11-8-,13-10-,18-15-,19-16-,20-17-,24-22-,26-25-,28-27-,30-21-,35-31-. The van der Waals surface area contributed by atoms with Crippen LogP contribution in [0.4, 0.5) is 0 Å². The van der Waals surface area contributed by atoms with Crippen molar-refractivity contribution in [2.24, 2.45) is 0 Å². The van der Waals surface area contributed by atoms with Gasteiger partial charge in [-0.05, 0) is 89.9 Å². The number of unbranched alkanes of at least 4 members (excludes halogenated alkanes) is 13. The zero-order valence-corrected chi connectivity index (χ0v) is 37.5. The van der Waals surface area contributed by atoms with Crippen molar-refractivity contribution in [2.75, 3.05) is 13.2 Å². The van der Waals surface area contributed by atoms with E-state index in [0.717, 1.165) is 109 Å². The van der Waals surface area contributed by atoms with Crippen LogP contribution >= 0.6 is 0 Å². The minimum atomic E-state index is -0.821. The average Bonchev–Trinajstić information content (AvgIpc) is 3.23. The Kier molecular flexibility index (Phi) is 43.2. The van der Waals surface area contributed by atoms with Crippen molar-refractivity contribution >= 4 is 17.9 Å². The molecule has 6 heteroatoms. The Morgan fingerprint density at radius 3 is 1.32 bits per heavy atom. The van der Waals surface area contributed by atoms with Gasteiger partial charge < -0.3 is 14.2 Å². The second-order valence-electron chi connectivity index (χ2n) is 14.7. The van der Waals surface area contributed by atoms with E-state index in [0.29, 0.717) is 19.3 Å². The molecule has 330 valence electrons. The molecule has 0 fully saturated rings. The Morgan fingerprint density at radius 2 is 0.763 bits per heavy atom. The van der Waals surface area contributed by atoms with E-state index >= 15 is 0 Å². The van der Waals surface area contributed by atoms with E-state index in [9.17, 15) is 14.4 Å². The highest BCUT2D eigenvalue weighted by molar-refractivity contribution is 5.71. The van der Waals surface area contributed by atoms with Crippen molar-refractivity contribution in [1.29, 1.82) is 0 Å². The van der Waals surface area contributed by atoms with Crippen molar-refractivity contribution in [3.63, 3.8) is 0 Å². The molecule has 1 unspecified atom stereocenters. The third-order valence-electron chi connectivity index (χ3n) is 9.06. The molecule has 6 nitrogen and oxygen atoms in total. The van der Waals surface area contributed by atoms with Gasteiger partial charge in [-0.25, -0.2) is 0 Å². The summed E-state index contributed by atoms with van der Waals surface area (Å²) in [6, 6.07) is 0. The summed E-state index contributed by atoms with van der Waals surface area (Å²) >= 11 is 0. The quantitative estimate of drug-likeness (QED) is 0.0202. The molecular formula is C53H82O6. The maximum atomic E-state index is 12.7. The summed E-state index contributed by atoms with van der Waals surface area (Å²) in [7, 11) is 0. The van der Waals surface area contributed by atoms with Gasteiger partial charge in [0, 0.05) is 19.3 Å². The first-order valence-electron chi connectivity index (χ1n) is 23.1. The summed E-state index contributed by atoms with van der Waals surface area (Å²) in [6.45, 7) is 6.26. The number of hydrogen-bond donors (Lipinski definition) is 0. The smallest absolute Gasteiger partial charge is 0.306 e. The third-order valence-corrected chi connectivity index (χ3v) is 9.06. The van der Waals surface area contributed by atoms with Gasteiger partial charge in [0.15, 0.2) is 6.10 Å². The van der Waals surface area contributed by atoms with Crippen molar-refractivity contribution < 1.29 is 28.6 Å². The normalized spacial score (nSPS) is 13.2. The lowest BCUT2D eigenvalue weighted by Crippen LogP contribution is -2.30. The topological polar surface area (TPSA) is 78.9 Å². The van der Waals surface area contributed by atoms with Crippen LogP contribution in [0, 0.1) is 0 Å². The number of allylic oxidation sites excluding steroid dienone is 20. The number of carbonyl (C=O) groups is 3. The van der Waals surface area contributed by atoms with E-state index < -0.39 is 6.10 Å². The highest BCUT2D eigenvalue weighted by Crippen LogP contribution is 2.11. The Labute approximate surface area is 361 Å². The van der Waals surface area contributed by atoms with Gasteiger partial charge in [-0.15, -0.1) is 0 Å². The van der Waals surface area contributed by atoms with E-state index in [1.807, 2.05) is 36.5 Å². The molecule has 0 rings (SSSR count). The fourth-order valence-corrected chi connectivity index (χ4v) is 5.58. The van der Waals surface area contributed by atoms with E-state index in [-0.39, 0.29) is 37.5 Å². The Morgan fingerprint density at radius 1 is 0.373 bits per heavy atom. The van der Waals surface area contributed by atoms with Crippen LogP contribution in [0.1, 0.15) is 175 Å². The molecule has 0 N–H and O–H groups in total. The molecule has 0 aromatic carbocycles. The fourth-order valence-electron chi connectivity index (χ4n) is 5.58. The zero-order valence-electron chi connectivity index (χ0n) is 37.5. The van der Waals surface area contributed by atoms with Crippen LogP contribution in [0.2, 0.25) is 0 Å². The highest BCUT2D eigenvalue weighted by atomic mass is 16.6. The Bertz CT molecular complexity index is 1300. The fraction of sp³-hybridized carbons (Fsp3) is 0.566. The SMILES string of the molecule is CC/C=C\C/C=C\C/C=C\CCCCC(=O)OC(COC(=O)CCCCC/C=C\C=C/CCCC)COC(=O)CCCCCCC\C=C/C=C\C=C/C=C\C=C/CCC. The number of hydrogen-bond acceptors (Lipinski definition) is 6. The van der Waals surface area contributed by atoms with Crippen molar-refractivity contribution in [2.45, 2.75) is 181 Å². The minimum Gasteiger partial charge on any atom is -0.462 e. The lowest BCUT2D eigenvalue weighted by atomic mass is 10.1. The summed E-state index contributed by atoms with van der Waals surface area (Å²) in [5.74, 6) is -1.03. The molecule has 0 spiro atoms. The maximum Gasteiger partial charge on any atom is 0.306 e. The van der Waals surface area contributed by atoms with Gasteiger partial charge in [0.25, 0.3) is 0 Å². The average molecular weight is 815 g/mol. The highest BCUT2D eigenvalue weighted by Gasteiger charge is 2.19. The first-order valence-corrected chi connectivity index (χ1v) is 23.1. The molecule has 0 bridgehead atoms. The molecule has 1 atom stereocenters. The van der Waals surface area contributed by atoms with Crippen LogP contribution in [0.3, 0.4) is 0 Å². The predicted molar refractivity (Wildman–Crippen MR) is 251 cm³/mol. The van der Waals surface area contributed by atoms with E-state index in [1.165, 1.54) is 19.3 Å². The van der Waals surface area contributed by atoms with Gasteiger partial charge in [0.05, 0.1) is 0 Å². The van der Waals surface area contributed by atoms with Crippen LogP contribution in [-0.2, 0) is 28.6 Å².